The first-order valence-electron chi connectivity index (χ1n) is 14.1. The van der Waals surface area contributed by atoms with Crippen molar-refractivity contribution in [3.8, 4) is 0 Å². The lowest BCUT2D eigenvalue weighted by molar-refractivity contribution is -0.143. The van der Waals surface area contributed by atoms with Crippen LogP contribution in [-0.2, 0) is 14.3 Å². The molecule has 1 aromatic rings. The second-order valence-electron chi connectivity index (χ2n) is 12.9. The molecule has 1 rings (SSSR count). The zero-order valence-corrected chi connectivity index (χ0v) is 25.8. The third-order valence-corrected chi connectivity index (χ3v) is 6.23. The number of hydrogen-bond donors (Lipinski definition) is 2. The van der Waals surface area contributed by atoms with Gasteiger partial charge in [-0.25, -0.2) is 4.79 Å². The summed E-state index contributed by atoms with van der Waals surface area (Å²) < 4.78 is 5.49. The van der Waals surface area contributed by atoms with Gasteiger partial charge in [-0.05, 0) is 90.8 Å². The zero-order chi connectivity index (χ0) is 29.3. The van der Waals surface area contributed by atoms with Gasteiger partial charge in [0.2, 0.25) is 11.8 Å². The van der Waals surface area contributed by atoms with E-state index in [1.165, 1.54) is 0 Å². The second kappa shape index (κ2) is 14.5. The molecule has 0 aliphatic rings. The smallest absolute Gasteiger partial charge is 0.408 e. The predicted molar refractivity (Wildman–Crippen MR) is 155 cm³/mol. The molecule has 0 aliphatic heterocycles. The lowest BCUT2D eigenvalue weighted by Gasteiger charge is -2.37. The Hall–Kier alpha value is -2.57. The number of hydrogen-bond acceptors (Lipinski definition) is 4. The molecule has 216 valence electrons. The van der Waals surface area contributed by atoms with Crippen LogP contribution in [0.3, 0.4) is 0 Å². The SMILES string of the molecule is CCCCCCN(C(=O)C(CC(C)C)NC(=O)OC(C)(C)C)C(C(=O)NC(C)(C)C)c1cccc(C)c1C. The number of nitrogens with one attached hydrogen (secondary N) is 2. The second-order valence-corrected chi connectivity index (χ2v) is 12.9. The maximum absolute atomic E-state index is 14.3. The molecule has 0 spiro atoms. The molecule has 2 atom stereocenters. The normalized spacial score (nSPS) is 13.6. The van der Waals surface area contributed by atoms with Crippen LogP contribution < -0.4 is 10.6 Å². The third-order valence-electron chi connectivity index (χ3n) is 6.23. The zero-order valence-electron chi connectivity index (χ0n) is 25.8. The van der Waals surface area contributed by atoms with Gasteiger partial charge in [-0.1, -0.05) is 58.2 Å². The van der Waals surface area contributed by atoms with Crippen LogP contribution in [-0.4, -0.2) is 46.5 Å². The standard InChI is InChI=1S/C31H53N3O4/c1-12-13-14-15-19-34(28(36)25(20-21(2)3)32-29(37)38-31(9,10)11)26(27(35)33-30(6,7)8)24-18-16-17-22(4)23(24)5/h16-18,21,25-26H,12-15,19-20H2,1-11H3,(H,32,37)(H,33,35). The summed E-state index contributed by atoms with van der Waals surface area (Å²) >= 11 is 0. The first-order chi connectivity index (χ1) is 17.5. The fourth-order valence-corrected chi connectivity index (χ4v) is 4.38. The number of alkyl carbamates (subject to hydrolysis) is 1. The van der Waals surface area contributed by atoms with Crippen LogP contribution in [0.15, 0.2) is 18.2 Å². The Morgan fingerprint density at radius 2 is 1.61 bits per heavy atom. The van der Waals surface area contributed by atoms with Gasteiger partial charge in [0.15, 0.2) is 0 Å². The van der Waals surface area contributed by atoms with Crippen molar-refractivity contribution in [2.75, 3.05) is 6.54 Å². The van der Waals surface area contributed by atoms with Gasteiger partial charge >= 0.3 is 6.09 Å². The largest absolute Gasteiger partial charge is 0.444 e. The maximum atomic E-state index is 14.3. The van der Waals surface area contributed by atoms with Crippen LogP contribution in [0.2, 0.25) is 0 Å². The van der Waals surface area contributed by atoms with E-state index in [1.54, 1.807) is 25.7 Å². The molecule has 2 N–H and O–H groups in total. The lowest BCUT2D eigenvalue weighted by Crippen LogP contribution is -2.55. The molecule has 3 amide bonds. The number of aryl methyl sites for hydroxylation is 1. The van der Waals surface area contributed by atoms with Gasteiger partial charge in [0.05, 0.1) is 0 Å². The predicted octanol–water partition coefficient (Wildman–Crippen LogP) is 6.61. The summed E-state index contributed by atoms with van der Waals surface area (Å²) in [6.45, 7) is 21.8. The van der Waals surface area contributed by atoms with E-state index in [0.717, 1.165) is 42.4 Å². The lowest BCUT2D eigenvalue weighted by atomic mass is 9.93. The molecule has 0 bridgehead atoms. The summed E-state index contributed by atoms with van der Waals surface area (Å²) in [6, 6.07) is 4.24. The number of carbonyl (C=O) groups excluding carboxylic acids is 3. The van der Waals surface area contributed by atoms with Crippen molar-refractivity contribution in [1.82, 2.24) is 15.5 Å². The van der Waals surface area contributed by atoms with Crippen molar-refractivity contribution in [3.05, 3.63) is 34.9 Å². The van der Waals surface area contributed by atoms with Crippen LogP contribution in [0.4, 0.5) is 4.79 Å². The Labute approximate surface area is 231 Å². The molecule has 7 nitrogen and oxygen atoms in total. The van der Waals surface area contributed by atoms with Gasteiger partial charge in [0, 0.05) is 12.1 Å². The van der Waals surface area contributed by atoms with Crippen molar-refractivity contribution in [2.45, 2.75) is 131 Å². The first kappa shape index (κ1) is 33.5. The molecular formula is C31H53N3O4. The average Bonchev–Trinajstić information content (AvgIpc) is 2.74. The van der Waals surface area contributed by atoms with Crippen LogP contribution in [0.25, 0.3) is 0 Å². The number of rotatable bonds is 12. The minimum Gasteiger partial charge on any atom is -0.444 e. The summed E-state index contributed by atoms with van der Waals surface area (Å²) in [5.74, 6) is -0.352. The highest BCUT2D eigenvalue weighted by Gasteiger charge is 2.38. The number of ether oxygens (including phenoxy) is 1. The molecule has 1 aromatic carbocycles. The molecule has 2 unspecified atom stereocenters. The molecule has 7 heteroatoms. The van der Waals surface area contributed by atoms with E-state index in [9.17, 15) is 14.4 Å². The minimum atomic E-state index is -0.821. The Bertz CT molecular complexity index is 928. The Morgan fingerprint density at radius 1 is 0.974 bits per heavy atom. The number of nitrogens with zero attached hydrogens (tertiary/aromatic N) is 1. The Morgan fingerprint density at radius 3 is 2.13 bits per heavy atom. The van der Waals surface area contributed by atoms with Gasteiger partial charge in [-0.3, -0.25) is 9.59 Å². The monoisotopic (exact) mass is 531 g/mol. The number of amides is 3. The molecule has 0 saturated carbocycles. The molecular weight excluding hydrogens is 478 g/mol. The number of carbonyl (C=O) groups is 3. The topological polar surface area (TPSA) is 87.7 Å². The summed E-state index contributed by atoms with van der Waals surface area (Å²) in [5, 5.41) is 5.93. The van der Waals surface area contributed by atoms with Gasteiger partial charge in [-0.15, -0.1) is 0 Å². The van der Waals surface area contributed by atoms with Gasteiger partial charge < -0.3 is 20.3 Å². The highest BCUT2D eigenvalue weighted by molar-refractivity contribution is 5.92. The number of benzene rings is 1. The van der Waals surface area contributed by atoms with Crippen LogP contribution in [0.1, 0.15) is 117 Å². The van der Waals surface area contributed by atoms with E-state index >= 15 is 0 Å². The van der Waals surface area contributed by atoms with Crippen LogP contribution in [0.5, 0.6) is 0 Å². The molecule has 38 heavy (non-hydrogen) atoms. The van der Waals surface area contributed by atoms with Crippen LogP contribution in [0, 0.1) is 19.8 Å². The summed E-state index contributed by atoms with van der Waals surface area (Å²) in [5.41, 5.74) is 1.67. The molecule has 0 radical (unpaired) electrons. The van der Waals surface area contributed by atoms with Gasteiger partial charge in [0.25, 0.3) is 0 Å². The molecule has 0 saturated heterocycles. The maximum Gasteiger partial charge on any atom is 0.408 e. The highest BCUT2D eigenvalue weighted by Crippen LogP contribution is 2.29. The van der Waals surface area contributed by atoms with Crippen molar-refractivity contribution in [1.29, 1.82) is 0 Å². The first-order valence-corrected chi connectivity index (χ1v) is 14.1. The Balaban J connectivity index is 3.61. The fraction of sp³-hybridized carbons (Fsp3) is 0.710. The molecule has 0 aliphatic carbocycles. The van der Waals surface area contributed by atoms with Crippen molar-refractivity contribution in [3.63, 3.8) is 0 Å². The van der Waals surface area contributed by atoms with Gasteiger partial charge in [-0.2, -0.15) is 0 Å². The van der Waals surface area contributed by atoms with E-state index in [2.05, 4.69) is 17.6 Å². The van der Waals surface area contributed by atoms with E-state index in [0.29, 0.717) is 13.0 Å². The van der Waals surface area contributed by atoms with Crippen molar-refractivity contribution >= 4 is 17.9 Å². The summed E-state index contributed by atoms with van der Waals surface area (Å²) in [6.07, 6.45) is 3.64. The summed E-state index contributed by atoms with van der Waals surface area (Å²) in [7, 11) is 0. The van der Waals surface area contributed by atoms with Crippen molar-refractivity contribution < 1.29 is 19.1 Å². The highest BCUT2D eigenvalue weighted by atomic mass is 16.6. The minimum absolute atomic E-state index is 0.142. The van der Waals surface area contributed by atoms with E-state index < -0.39 is 29.3 Å². The van der Waals surface area contributed by atoms with E-state index in [1.807, 2.05) is 66.7 Å². The quantitative estimate of drug-likeness (QED) is 0.297. The third kappa shape index (κ3) is 11.4. The number of unbranched alkanes of at least 4 members (excludes halogenated alkanes) is 3. The molecule has 0 fully saturated rings. The molecule has 0 heterocycles. The van der Waals surface area contributed by atoms with E-state index in [4.69, 9.17) is 4.74 Å². The Kier molecular flexibility index (Phi) is 12.8. The summed E-state index contributed by atoms with van der Waals surface area (Å²) in [4.78, 5) is 42.6. The fourth-order valence-electron chi connectivity index (χ4n) is 4.38. The average molecular weight is 532 g/mol. The van der Waals surface area contributed by atoms with Crippen molar-refractivity contribution in [2.24, 2.45) is 5.92 Å². The van der Waals surface area contributed by atoms with E-state index in [-0.39, 0.29) is 17.7 Å². The molecule has 0 aromatic heterocycles. The van der Waals surface area contributed by atoms with Gasteiger partial charge in [0.1, 0.15) is 17.7 Å². The van der Waals surface area contributed by atoms with Crippen LogP contribution >= 0.6 is 0 Å².